The Bertz CT molecular complexity index is 1090. The third-order valence-corrected chi connectivity index (χ3v) is 8.06. The van der Waals surface area contributed by atoms with Gasteiger partial charge in [-0.25, -0.2) is 8.42 Å². The van der Waals surface area contributed by atoms with Gasteiger partial charge in [-0.05, 0) is 42.5 Å². The zero-order chi connectivity index (χ0) is 20.6. The van der Waals surface area contributed by atoms with Crippen LogP contribution in [-0.4, -0.2) is 49.4 Å². The Morgan fingerprint density at radius 1 is 1.17 bits per heavy atom. The van der Waals surface area contributed by atoms with Gasteiger partial charge in [-0.2, -0.15) is 0 Å². The van der Waals surface area contributed by atoms with Crippen LogP contribution in [0.15, 0.2) is 47.5 Å². The zero-order valence-corrected chi connectivity index (χ0v) is 17.8. The summed E-state index contributed by atoms with van der Waals surface area (Å²) in [7, 11) is -1.44. The Balaban J connectivity index is 1.38. The SMILES string of the molecule is COc1ccc(NC(=O)c2ccc(NC3=N[C@H]4CS(=O)(=O)C[C@H]4S3)cc2)cc1Cl. The van der Waals surface area contributed by atoms with Crippen LogP contribution in [0.2, 0.25) is 5.02 Å². The van der Waals surface area contributed by atoms with Crippen molar-refractivity contribution >= 4 is 55.6 Å². The molecular weight excluding hydrogens is 434 g/mol. The molecule has 2 aromatic carbocycles. The first-order chi connectivity index (χ1) is 13.8. The first kappa shape index (κ1) is 20.1. The van der Waals surface area contributed by atoms with Gasteiger partial charge in [0.05, 0.1) is 29.7 Å². The molecule has 2 aliphatic heterocycles. The lowest BCUT2D eigenvalue weighted by Crippen LogP contribution is -2.13. The standard InChI is InChI=1S/C19H18ClN3O4S2/c1-27-16-7-6-13(8-14(16)20)21-18(24)11-2-4-12(5-3-11)22-19-23-15-9-29(25,26)10-17(15)28-19/h2-8,15,17H,9-10H2,1H3,(H,21,24)(H,22,23)/t15-,17+/m0/s1. The molecule has 0 aliphatic carbocycles. The summed E-state index contributed by atoms with van der Waals surface area (Å²) in [6, 6.07) is 11.8. The van der Waals surface area contributed by atoms with Gasteiger partial charge in [0.2, 0.25) is 0 Å². The Hall–Kier alpha value is -2.23. The van der Waals surface area contributed by atoms with Crippen molar-refractivity contribution in [3.8, 4) is 5.75 Å². The molecule has 0 unspecified atom stereocenters. The lowest BCUT2D eigenvalue weighted by atomic mass is 10.2. The number of nitrogens with zero attached hydrogens (tertiary/aromatic N) is 1. The van der Waals surface area contributed by atoms with Crippen molar-refractivity contribution in [3.63, 3.8) is 0 Å². The Morgan fingerprint density at radius 3 is 2.55 bits per heavy atom. The average molecular weight is 452 g/mol. The monoisotopic (exact) mass is 451 g/mol. The molecule has 4 rings (SSSR count). The molecule has 0 radical (unpaired) electrons. The summed E-state index contributed by atoms with van der Waals surface area (Å²) in [4.78, 5) is 16.9. The van der Waals surface area contributed by atoms with Gasteiger partial charge in [0.15, 0.2) is 15.0 Å². The Morgan fingerprint density at radius 2 is 1.90 bits per heavy atom. The summed E-state index contributed by atoms with van der Waals surface area (Å²) in [5.74, 6) is 0.565. The van der Waals surface area contributed by atoms with E-state index in [1.54, 1.807) is 42.5 Å². The van der Waals surface area contributed by atoms with E-state index in [2.05, 4.69) is 15.6 Å². The summed E-state index contributed by atoms with van der Waals surface area (Å²) in [6.45, 7) is 0. The molecule has 2 N–H and O–H groups in total. The molecule has 2 aromatic rings. The van der Waals surface area contributed by atoms with Crippen molar-refractivity contribution in [2.45, 2.75) is 11.3 Å². The molecule has 2 heterocycles. The number of benzene rings is 2. The highest BCUT2D eigenvalue weighted by Crippen LogP contribution is 2.34. The van der Waals surface area contributed by atoms with E-state index in [9.17, 15) is 13.2 Å². The van der Waals surface area contributed by atoms with Crippen LogP contribution in [0.3, 0.4) is 0 Å². The van der Waals surface area contributed by atoms with Crippen molar-refractivity contribution in [1.29, 1.82) is 0 Å². The van der Waals surface area contributed by atoms with Crippen LogP contribution in [0.4, 0.5) is 11.4 Å². The second kappa shape index (κ2) is 7.89. The molecule has 7 nitrogen and oxygen atoms in total. The Kier molecular flexibility index (Phi) is 5.46. The van der Waals surface area contributed by atoms with Crippen LogP contribution in [0, 0.1) is 0 Å². The minimum Gasteiger partial charge on any atom is -0.495 e. The number of carbonyl (C=O) groups excluding carboxylic acids is 1. The van der Waals surface area contributed by atoms with E-state index in [4.69, 9.17) is 16.3 Å². The largest absolute Gasteiger partial charge is 0.495 e. The number of ether oxygens (including phenoxy) is 1. The number of nitrogens with one attached hydrogen (secondary N) is 2. The van der Waals surface area contributed by atoms with Gasteiger partial charge in [0.25, 0.3) is 5.91 Å². The quantitative estimate of drug-likeness (QED) is 0.740. The maximum absolute atomic E-state index is 12.4. The number of methoxy groups -OCH3 is 1. The van der Waals surface area contributed by atoms with Gasteiger partial charge in [-0.1, -0.05) is 23.4 Å². The number of amides is 1. The van der Waals surface area contributed by atoms with E-state index in [1.807, 2.05) is 0 Å². The maximum Gasteiger partial charge on any atom is 0.255 e. The van der Waals surface area contributed by atoms with Gasteiger partial charge in [0, 0.05) is 22.2 Å². The number of sulfone groups is 1. The van der Waals surface area contributed by atoms with Crippen molar-refractivity contribution in [2.24, 2.45) is 4.99 Å². The number of anilines is 2. The number of fused-ring (bicyclic) bond motifs is 1. The predicted octanol–water partition coefficient (Wildman–Crippen LogP) is 3.28. The van der Waals surface area contributed by atoms with Crippen LogP contribution >= 0.6 is 23.4 Å². The van der Waals surface area contributed by atoms with Crippen LogP contribution < -0.4 is 15.4 Å². The van der Waals surface area contributed by atoms with Gasteiger partial charge in [-0.15, -0.1) is 0 Å². The number of hydrogen-bond acceptors (Lipinski definition) is 7. The molecule has 29 heavy (non-hydrogen) atoms. The fourth-order valence-electron chi connectivity index (χ4n) is 3.19. The molecule has 152 valence electrons. The van der Waals surface area contributed by atoms with Gasteiger partial charge in [0.1, 0.15) is 5.75 Å². The lowest BCUT2D eigenvalue weighted by Gasteiger charge is -2.10. The van der Waals surface area contributed by atoms with Crippen molar-refractivity contribution < 1.29 is 17.9 Å². The smallest absolute Gasteiger partial charge is 0.255 e. The van der Waals surface area contributed by atoms with Crippen LogP contribution in [0.25, 0.3) is 0 Å². The molecule has 0 saturated carbocycles. The third kappa shape index (κ3) is 4.52. The first-order valence-corrected chi connectivity index (χ1v) is 11.9. The number of hydrogen-bond donors (Lipinski definition) is 2. The van der Waals surface area contributed by atoms with Crippen molar-refractivity contribution in [3.05, 3.63) is 53.1 Å². The molecule has 10 heteroatoms. The molecule has 1 amide bonds. The number of amidine groups is 1. The second-order valence-electron chi connectivity index (χ2n) is 6.74. The number of aliphatic imine (C=N–C) groups is 1. The van der Waals surface area contributed by atoms with E-state index in [1.165, 1.54) is 18.9 Å². The Labute approximate surface area is 177 Å². The number of rotatable bonds is 4. The van der Waals surface area contributed by atoms with E-state index in [-0.39, 0.29) is 28.7 Å². The molecule has 2 atom stereocenters. The highest BCUT2D eigenvalue weighted by atomic mass is 35.5. The molecule has 1 fully saturated rings. The fraction of sp³-hybridized carbons (Fsp3) is 0.263. The highest BCUT2D eigenvalue weighted by Gasteiger charge is 2.42. The molecule has 0 bridgehead atoms. The van der Waals surface area contributed by atoms with E-state index < -0.39 is 9.84 Å². The fourth-order valence-corrected chi connectivity index (χ4v) is 7.13. The molecular formula is C19H18ClN3O4S2. The first-order valence-electron chi connectivity index (χ1n) is 8.80. The molecule has 2 aliphatic rings. The molecule has 0 aromatic heterocycles. The predicted molar refractivity (Wildman–Crippen MR) is 117 cm³/mol. The third-order valence-electron chi connectivity index (χ3n) is 4.63. The van der Waals surface area contributed by atoms with Crippen LogP contribution in [0.5, 0.6) is 5.75 Å². The van der Waals surface area contributed by atoms with Crippen LogP contribution in [-0.2, 0) is 9.84 Å². The minimum atomic E-state index is -2.96. The van der Waals surface area contributed by atoms with E-state index in [0.717, 1.165) is 5.69 Å². The molecule has 1 saturated heterocycles. The summed E-state index contributed by atoms with van der Waals surface area (Å²) >= 11 is 7.53. The summed E-state index contributed by atoms with van der Waals surface area (Å²) in [5, 5.41) is 7.09. The second-order valence-corrected chi connectivity index (χ2v) is 10.5. The normalized spacial score (nSPS) is 21.9. The van der Waals surface area contributed by atoms with E-state index >= 15 is 0 Å². The van der Waals surface area contributed by atoms with Crippen LogP contribution in [0.1, 0.15) is 10.4 Å². The summed E-state index contributed by atoms with van der Waals surface area (Å²) in [6.07, 6.45) is 0. The summed E-state index contributed by atoms with van der Waals surface area (Å²) in [5.41, 5.74) is 1.84. The van der Waals surface area contributed by atoms with Gasteiger partial charge >= 0.3 is 0 Å². The maximum atomic E-state index is 12.4. The number of halogens is 1. The summed E-state index contributed by atoms with van der Waals surface area (Å²) < 4.78 is 28.4. The van der Waals surface area contributed by atoms with Gasteiger partial charge < -0.3 is 15.4 Å². The highest BCUT2D eigenvalue weighted by molar-refractivity contribution is 8.15. The lowest BCUT2D eigenvalue weighted by molar-refractivity contribution is 0.102. The number of thioether (sulfide) groups is 1. The van der Waals surface area contributed by atoms with Gasteiger partial charge in [-0.3, -0.25) is 9.79 Å². The van der Waals surface area contributed by atoms with Crippen molar-refractivity contribution in [2.75, 3.05) is 29.2 Å². The van der Waals surface area contributed by atoms with Crippen molar-refractivity contribution in [1.82, 2.24) is 0 Å². The molecule has 0 spiro atoms. The average Bonchev–Trinajstić information content (AvgIpc) is 3.15. The zero-order valence-electron chi connectivity index (χ0n) is 15.4. The topological polar surface area (TPSA) is 96.9 Å². The number of carbonyl (C=O) groups is 1. The van der Waals surface area contributed by atoms with E-state index in [0.29, 0.717) is 27.2 Å². The minimum absolute atomic E-state index is 0.0103.